The molecule has 5 nitrogen and oxygen atoms in total. The number of nitrogens with two attached hydrogens (primary N) is 1. The Bertz CT molecular complexity index is 296. The molecule has 0 saturated carbocycles. The minimum atomic E-state index is -4.26. The smallest absolute Gasteiger partial charge is 0.269 e. The molecule has 0 heterocycles. The minimum absolute atomic E-state index is 0.292. The predicted molar refractivity (Wildman–Crippen MR) is 48.8 cm³/mol. The fourth-order valence-corrected chi connectivity index (χ4v) is 1.85. The monoisotopic (exact) mass is 207 g/mol. The molecule has 3 N–H and O–H groups in total. The van der Waals surface area contributed by atoms with Gasteiger partial charge in [-0.3, -0.25) is 9.35 Å². The molecule has 2 atom stereocenters. The molecule has 0 aromatic carbocycles. The normalized spacial score (nSPS) is 16.2. The van der Waals surface area contributed by atoms with Gasteiger partial charge in [0, 0.05) is 12.5 Å². The van der Waals surface area contributed by atoms with E-state index in [1.165, 1.54) is 6.92 Å². The first-order valence-electron chi connectivity index (χ1n) is 3.67. The van der Waals surface area contributed by atoms with Crippen molar-refractivity contribution in [3.05, 3.63) is 12.7 Å². The molecule has 0 aromatic rings. The second-order valence-corrected chi connectivity index (χ2v) is 4.32. The first kappa shape index (κ1) is 12.3. The molecule has 0 aromatic heterocycles. The molecule has 2 unspecified atom stereocenters. The largest absolute Gasteiger partial charge is 0.329 e. The first-order valence-corrected chi connectivity index (χ1v) is 5.17. The topological polar surface area (TPSA) is 97.5 Å². The Balaban J connectivity index is 4.80. The summed E-state index contributed by atoms with van der Waals surface area (Å²) in [6.45, 7) is 4.31. The van der Waals surface area contributed by atoms with Gasteiger partial charge in [-0.1, -0.05) is 13.5 Å². The van der Waals surface area contributed by atoms with Crippen LogP contribution in [-0.4, -0.2) is 30.5 Å². The highest BCUT2D eigenvalue weighted by Gasteiger charge is 2.31. The third-order valence-electron chi connectivity index (χ3n) is 1.82. The van der Waals surface area contributed by atoms with E-state index < -0.39 is 27.1 Å². The zero-order valence-corrected chi connectivity index (χ0v) is 8.12. The summed E-state index contributed by atoms with van der Waals surface area (Å²) in [6, 6.07) is 0. The van der Waals surface area contributed by atoms with Crippen LogP contribution in [0.2, 0.25) is 0 Å². The van der Waals surface area contributed by atoms with E-state index in [2.05, 4.69) is 6.58 Å². The van der Waals surface area contributed by atoms with Crippen LogP contribution in [0.25, 0.3) is 0 Å². The van der Waals surface area contributed by atoms with Crippen molar-refractivity contribution in [2.45, 2.75) is 12.2 Å². The summed E-state index contributed by atoms with van der Waals surface area (Å²) in [5.41, 5.74) is 5.13. The zero-order chi connectivity index (χ0) is 10.6. The number of carbonyl (C=O) groups excluding carboxylic acids is 1. The van der Waals surface area contributed by atoms with Gasteiger partial charge in [-0.05, 0) is 6.08 Å². The van der Waals surface area contributed by atoms with Gasteiger partial charge in [0.1, 0.15) is 5.25 Å². The van der Waals surface area contributed by atoms with Crippen LogP contribution in [0.1, 0.15) is 6.92 Å². The fraction of sp³-hybridized carbons (Fsp3) is 0.571. The first-order chi connectivity index (χ1) is 5.84. The average molecular weight is 207 g/mol. The number of rotatable bonds is 5. The second kappa shape index (κ2) is 4.50. The van der Waals surface area contributed by atoms with Crippen molar-refractivity contribution in [1.29, 1.82) is 0 Å². The maximum atomic E-state index is 11.0. The molecule has 13 heavy (non-hydrogen) atoms. The van der Waals surface area contributed by atoms with Crippen LogP contribution in [0, 0.1) is 5.92 Å². The zero-order valence-electron chi connectivity index (χ0n) is 7.30. The molecule has 0 spiro atoms. The van der Waals surface area contributed by atoms with Gasteiger partial charge in [-0.15, -0.1) is 0 Å². The lowest BCUT2D eigenvalue weighted by Crippen LogP contribution is -2.38. The highest BCUT2D eigenvalue weighted by molar-refractivity contribution is 7.86. The summed E-state index contributed by atoms with van der Waals surface area (Å²) in [5, 5.41) is -1.25. The Hall–Kier alpha value is -0.720. The molecule has 0 aliphatic carbocycles. The van der Waals surface area contributed by atoms with E-state index >= 15 is 0 Å². The Morgan fingerprint density at radius 3 is 2.38 bits per heavy atom. The molecule has 0 saturated heterocycles. The van der Waals surface area contributed by atoms with E-state index in [0.29, 0.717) is 0 Å². The fourth-order valence-electron chi connectivity index (χ4n) is 0.953. The Morgan fingerprint density at radius 2 is 2.15 bits per heavy atom. The summed E-state index contributed by atoms with van der Waals surface area (Å²) >= 11 is 0. The summed E-state index contributed by atoms with van der Waals surface area (Å²) in [7, 11) is -4.26. The average Bonchev–Trinajstić information content (AvgIpc) is 2.01. The van der Waals surface area contributed by atoms with E-state index in [1.807, 2.05) is 0 Å². The van der Waals surface area contributed by atoms with Crippen LogP contribution in [0.15, 0.2) is 12.7 Å². The molecule has 0 radical (unpaired) electrons. The highest BCUT2D eigenvalue weighted by atomic mass is 32.2. The molecule has 6 heteroatoms. The van der Waals surface area contributed by atoms with Crippen LogP contribution in [0.5, 0.6) is 0 Å². The Morgan fingerprint density at radius 1 is 1.69 bits per heavy atom. The van der Waals surface area contributed by atoms with Crippen molar-refractivity contribution < 1.29 is 17.8 Å². The van der Waals surface area contributed by atoms with Gasteiger partial charge in [0.2, 0.25) is 0 Å². The van der Waals surface area contributed by atoms with Gasteiger partial charge in [0.25, 0.3) is 10.1 Å². The summed E-state index contributed by atoms with van der Waals surface area (Å²) in [6.07, 6.45) is 1.01. The lowest BCUT2D eigenvalue weighted by atomic mass is 10.0. The molecular formula is C7H13NO4S. The lowest BCUT2D eigenvalue weighted by Gasteiger charge is -2.16. The standard InChI is InChI=1S/C7H13NO4S/c1-3-6(9)5(2)7(4-8)13(10,11)12/h3,5,7H,1,4,8H2,2H3,(H,10,11,12). The van der Waals surface area contributed by atoms with Crippen LogP contribution < -0.4 is 5.73 Å². The van der Waals surface area contributed by atoms with E-state index in [1.54, 1.807) is 0 Å². The highest BCUT2D eigenvalue weighted by Crippen LogP contribution is 2.12. The van der Waals surface area contributed by atoms with E-state index in [-0.39, 0.29) is 6.54 Å². The van der Waals surface area contributed by atoms with Crippen LogP contribution in [0.4, 0.5) is 0 Å². The van der Waals surface area contributed by atoms with E-state index in [4.69, 9.17) is 10.3 Å². The second-order valence-electron chi connectivity index (χ2n) is 2.68. The number of ketones is 1. The van der Waals surface area contributed by atoms with Gasteiger partial charge in [0.15, 0.2) is 5.78 Å². The quantitative estimate of drug-likeness (QED) is 0.472. The van der Waals surface area contributed by atoms with Crippen LogP contribution in [0.3, 0.4) is 0 Å². The minimum Gasteiger partial charge on any atom is -0.329 e. The predicted octanol–water partition coefficient (Wildman–Crippen LogP) is -0.407. The molecular weight excluding hydrogens is 194 g/mol. The van der Waals surface area contributed by atoms with E-state index in [9.17, 15) is 13.2 Å². The Labute approximate surface area is 77.4 Å². The number of hydrogen-bond donors (Lipinski definition) is 2. The third kappa shape index (κ3) is 3.25. The van der Waals surface area contributed by atoms with Crippen molar-refractivity contribution in [2.75, 3.05) is 6.54 Å². The van der Waals surface area contributed by atoms with Crippen molar-refractivity contribution >= 4 is 15.9 Å². The number of carbonyl (C=O) groups is 1. The van der Waals surface area contributed by atoms with Gasteiger partial charge >= 0.3 is 0 Å². The summed E-state index contributed by atoms with van der Waals surface area (Å²) < 4.78 is 30.1. The van der Waals surface area contributed by atoms with E-state index in [0.717, 1.165) is 6.08 Å². The van der Waals surface area contributed by atoms with Gasteiger partial charge in [-0.25, -0.2) is 0 Å². The third-order valence-corrected chi connectivity index (χ3v) is 3.19. The lowest BCUT2D eigenvalue weighted by molar-refractivity contribution is -0.117. The van der Waals surface area contributed by atoms with Gasteiger partial charge in [0.05, 0.1) is 0 Å². The number of hydrogen-bond acceptors (Lipinski definition) is 4. The summed E-state index contributed by atoms with van der Waals surface area (Å²) in [4.78, 5) is 11.0. The molecule has 0 fully saturated rings. The molecule has 0 aliphatic rings. The molecule has 76 valence electrons. The SMILES string of the molecule is C=CC(=O)C(C)C(CN)S(=O)(=O)O. The molecule has 0 rings (SSSR count). The molecule has 0 bridgehead atoms. The van der Waals surface area contributed by atoms with Gasteiger partial charge < -0.3 is 5.73 Å². The van der Waals surface area contributed by atoms with Crippen molar-refractivity contribution in [2.24, 2.45) is 11.7 Å². The van der Waals surface area contributed by atoms with Crippen LogP contribution in [-0.2, 0) is 14.9 Å². The van der Waals surface area contributed by atoms with Crippen LogP contribution >= 0.6 is 0 Å². The van der Waals surface area contributed by atoms with Gasteiger partial charge in [-0.2, -0.15) is 8.42 Å². The Kier molecular flexibility index (Phi) is 4.25. The summed E-state index contributed by atoms with van der Waals surface area (Å²) in [5.74, 6) is -1.31. The maximum absolute atomic E-state index is 11.0. The van der Waals surface area contributed by atoms with Crippen molar-refractivity contribution in [1.82, 2.24) is 0 Å². The maximum Gasteiger partial charge on any atom is 0.269 e. The molecule has 0 aliphatic heterocycles. The van der Waals surface area contributed by atoms with Crippen molar-refractivity contribution in [3.8, 4) is 0 Å². The molecule has 0 amide bonds. The number of allylic oxidation sites excluding steroid dienone is 1. The van der Waals surface area contributed by atoms with Crippen molar-refractivity contribution in [3.63, 3.8) is 0 Å².